The van der Waals surface area contributed by atoms with Gasteiger partial charge in [-0.25, -0.2) is 14.7 Å². The predicted molar refractivity (Wildman–Crippen MR) is 102 cm³/mol. The number of hydrogen-bond acceptors (Lipinski definition) is 5. The maximum absolute atomic E-state index is 12.7. The van der Waals surface area contributed by atoms with Gasteiger partial charge in [-0.3, -0.25) is 19.5 Å². The van der Waals surface area contributed by atoms with Crippen LogP contribution in [0.3, 0.4) is 0 Å². The molecular weight excluding hydrogens is 376 g/mol. The number of aromatic amines is 1. The van der Waals surface area contributed by atoms with E-state index in [1.807, 2.05) is 30.3 Å². The first kappa shape index (κ1) is 18.9. The number of benzene rings is 1. The van der Waals surface area contributed by atoms with Gasteiger partial charge in [-0.1, -0.05) is 30.3 Å². The maximum Gasteiger partial charge on any atom is 0.343 e. The van der Waals surface area contributed by atoms with Crippen LogP contribution in [-0.2, 0) is 16.1 Å². The van der Waals surface area contributed by atoms with E-state index < -0.39 is 18.0 Å². The van der Waals surface area contributed by atoms with Crippen LogP contribution in [0.15, 0.2) is 35.1 Å². The van der Waals surface area contributed by atoms with Gasteiger partial charge in [0.15, 0.2) is 0 Å². The number of aromatic nitrogens is 3. The average Bonchev–Trinajstić information content (AvgIpc) is 3.08. The van der Waals surface area contributed by atoms with Gasteiger partial charge in [0.25, 0.3) is 0 Å². The zero-order valence-corrected chi connectivity index (χ0v) is 15.8. The zero-order valence-electron chi connectivity index (χ0n) is 15.8. The summed E-state index contributed by atoms with van der Waals surface area (Å²) in [6, 6.07) is 8.22. The first-order valence-corrected chi connectivity index (χ1v) is 9.59. The van der Waals surface area contributed by atoms with Crippen molar-refractivity contribution in [2.45, 2.75) is 37.8 Å². The van der Waals surface area contributed by atoms with Crippen molar-refractivity contribution in [2.75, 3.05) is 13.1 Å². The van der Waals surface area contributed by atoms with Crippen molar-refractivity contribution in [1.29, 1.82) is 0 Å². The van der Waals surface area contributed by atoms with E-state index >= 15 is 0 Å². The molecule has 0 saturated carbocycles. The van der Waals surface area contributed by atoms with Gasteiger partial charge in [-0.05, 0) is 18.4 Å². The van der Waals surface area contributed by atoms with E-state index in [1.54, 1.807) is 9.47 Å². The largest absolute Gasteiger partial charge is 0.343 e. The molecule has 29 heavy (non-hydrogen) atoms. The highest BCUT2D eigenvalue weighted by Crippen LogP contribution is 2.27. The summed E-state index contributed by atoms with van der Waals surface area (Å²) in [5, 5.41) is 11.4. The molecule has 0 spiro atoms. The number of amides is 4. The van der Waals surface area contributed by atoms with Crippen LogP contribution in [0.25, 0.3) is 0 Å². The molecule has 0 radical (unpaired) electrons. The van der Waals surface area contributed by atoms with Crippen LogP contribution >= 0.6 is 0 Å². The normalized spacial score (nSPS) is 20.3. The van der Waals surface area contributed by atoms with E-state index in [1.165, 1.54) is 0 Å². The number of likely N-dealkylation sites (tertiary alicyclic amines) is 1. The summed E-state index contributed by atoms with van der Waals surface area (Å²) in [4.78, 5) is 49.5. The number of imide groups is 1. The summed E-state index contributed by atoms with van der Waals surface area (Å²) in [7, 11) is 0. The van der Waals surface area contributed by atoms with Crippen molar-refractivity contribution in [2.24, 2.45) is 0 Å². The molecule has 1 aromatic carbocycles. The van der Waals surface area contributed by atoms with E-state index in [-0.39, 0.29) is 23.9 Å². The van der Waals surface area contributed by atoms with Gasteiger partial charge in [-0.2, -0.15) is 5.10 Å². The molecule has 152 valence electrons. The smallest absolute Gasteiger partial charge is 0.341 e. The van der Waals surface area contributed by atoms with Gasteiger partial charge in [0.1, 0.15) is 11.9 Å². The lowest BCUT2D eigenvalue weighted by molar-refractivity contribution is -0.137. The van der Waals surface area contributed by atoms with Crippen LogP contribution in [0.5, 0.6) is 0 Å². The van der Waals surface area contributed by atoms with Crippen LogP contribution in [0.2, 0.25) is 0 Å². The van der Waals surface area contributed by atoms with Crippen molar-refractivity contribution in [3.63, 3.8) is 0 Å². The minimum atomic E-state index is -0.825. The SMILES string of the molecule is O=C1C[C@H](C(=O)N2CCC(c3n[nH]c(=O)n3Cc3ccccc3)CC2)NC(=O)N1. The Hall–Kier alpha value is -3.43. The van der Waals surface area contributed by atoms with Crippen molar-refractivity contribution in [3.05, 3.63) is 52.2 Å². The summed E-state index contributed by atoms with van der Waals surface area (Å²) in [5.41, 5.74) is 0.759. The van der Waals surface area contributed by atoms with Crippen LogP contribution in [0, 0.1) is 0 Å². The lowest BCUT2D eigenvalue weighted by Gasteiger charge is -2.34. The third-order valence-corrected chi connectivity index (χ3v) is 5.39. The Kier molecular flexibility index (Phi) is 5.15. The topological polar surface area (TPSA) is 129 Å². The second kappa shape index (κ2) is 7.90. The number of H-pyrrole nitrogens is 1. The standard InChI is InChI=1S/C19H22N6O4/c26-15-10-14(20-18(28)21-15)17(27)24-8-6-13(7-9-24)16-22-23-19(29)25(16)11-12-4-2-1-3-5-12/h1-5,13-14H,6-11H2,(H,23,29)(H2,20,21,26,28)/t14-/m1/s1. The average molecular weight is 398 g/mol. The molecule has 3 heterocycles. The summed E-state index contributed by atoms with van der Waals surface area (Å²) >= 11 is 0. The van der Waals surface area contributed by atoms with Crippen LogP contribution < -0.4 is 16.3 Å². The molecule has 3 N–H and O–H groups in total. The highest BCUT2D eigenvalue weighted by Gasteiger charge is 2.35. The monoisotopic (exact) mass is 398 g/mol. The molecule has 0 aliphatic carbocycles. The fourth-order valence-corrected chi connectivity index (χ4v) is 3.90. The van der Waals surface area contributed by atoms with Crippen molar-refractivity contribution in [3.8, 4) is 0 Å². The molecule has 0 bridgehead atoms. The van der Waals surface area contributed by atoms with E-state index in [0.29, 0.717) is 38.3 Å². The highest BCUT2D eigenvalue weighted by atomic mass is 16.2. The number of urea groups is 1. The van der Waals surface area contributed by atoms with Crippen molar-refractivity contribution >= 4 is 17.8 Å². The molecule has 10 heteroatoms. The van der Waals surface area contributed by atoms with Crippen LogP contribution in [0.1, 0.15) is 36.6 Å². The molecule has 2 aliphatic heterocycles. The minimum Gasteiger partial charge on any atom is -0.341 e. The molecule has 4 amide bonds. The van der Waals surface area contributed by atoms with Gasteiger partial charge in [-0.15, -0.1) is 0 Å². The summed E-state index contributed by atoms with van der Waals surface area (Å²) in [6.07, 6.45) is 1.25. The summed E-state index contributed by atoms with van der Waals surface area (Å²) < 4.78 is 1.64. The Bertz CT molecular complexity index is 958. The summed E-state index contributed by atoms with van der Waals surface area (Å²) in [5.74, 6) is 0.0287. The molecule has 0 unspecified atom stereocenters. The lowest BCUT2D eigenvalue weighted by atomic mass is 9.95. The number of carbonyl (C=O) groups is 3. The van der Waals surface area contributed by atoms with Gasteiger partial charge in [0.05, 0.1) is 13.0 Å². The Labute approximate surface area is 166 Å². The first-order valence-electron chi connectivity index (χ1n) is 9.59. The molecule has 2 aliphatic rings. The first-order chi connectivity index (χ1) is 14.0. The third-order valence-electron chi connectivity index (χ3n) is 5.39. The Morgan fingerprint density at radius 2 is 1.83 bits per heavy atom. The molecule has 1 atom stereocenters. The van der Waals surface area contributed by atoms with Gasteiger partial charge >= 0.3 is 11.7 Å². The third kappa shape index (κ3) is 4.05. The quantitative estimate of drug-likeness (QED) is 0.664. The molecule has 2 aromatic rings. The number of nitrogens with zero attached hydrogens (tertiary/aromatic N) is 3. The number of nitrogens with one attached hydrogen (secondary N) is 3. The molecule has 2 fully saturated rings. The maximum atomic E-state index is 12.7. The fraction of sp³-hybridized carbons (Fsp3) is 0.421. The lowest BCUT2D eigenvalue weighted by Crippen LogP contribution is -2.59. The predicted octanol–water partition coefficient (Wildman–Crippen LogP) is -0.0762. The second-order valence-corrected chi connectivity index (χ2v) is 7.34. The minimum absolute atomic E-state index is 0.0472. The fourth-order valence-electron chi connectivity index (χ4n) is 3.90. The zero-order chi connectivity index (χ0) is 20.4. The molecule has 4 rings (SSSR count). The van der Waals surface area contributed by atoms with Gasteiger partial charge in [0, 0.05) is 19.0 Å². The van der Waals surface area contributed by atoms with Crippen LogP contribution in [0.4, 0.5) is 4.79 Å². The van der Waals surface area contributed by atoms with Crippen LogP contribution in [-0.4, -0.2) is 56.6 Å². The Morgan fingerprint density at radius 3 is 2.52 bits per heavy atom. The Balaban J connectivity index is 1.41. The summed E-state index contributed by atoms with van der Waals surface area (Å²) in [6.45, 7) is 1.39. The highest BCUT2D eigenvalue weighted by molar-refractivity contribution is 6.02. The number of carbonyl (C=O) groups excluding carboxylic acids is 3. The van der Waals surface area contributed by atoms with Crippen molar-refractivity contribution in [1.82, 2.24) is 30.3 Å². The van der Waals surface area contributed by atoms with E-state index in [0.717, 1.165) is 5.56 Å². The Morgan fingerprint density at radius 1 is 1.10 bits per heavy atom. The van der Waals surface area contributed by atoms with Gasteiger partial charge in [0.2, 0.25) is 11.8 Å². The van der Waals surface area contributed by atoms with E-state index in [2.05, 4.69) is 20.8 Å². The molecular formula is C19H22N6O4. The number of piperidine rings is 1. The van der Waals surface area contributed by atoms with E-state index in [4.69, 9.17) is 0 Å². The second-order valence-electron chi connectivity index (χ2n) is 7.34. The van der Waals surface area contributed by atoms with Gasteiger partial charge < -0.3 is 10.2 Å². The molecule has 2 saturated heterocycles. The van der Waals surface area contributed by atoms with Crippen molar-refractivity contribution < 1.29 is 14.4 Å². The number of hydrogen-bond donors (Lipinski definition) is 3. The number of rotatable bonds is 4. The van der Waals surface area contributed by atoms with E-state index in [9.17, 15) is 19.2 Å². The molecule has 10 nitrogen and oxygen atoms in total. The molecule has 1 aromatic heterocycles.